The molecule has 0 bridgehead atoms. The van der Waals surface area contributed by atoms with Crippen LogP contribution in [0, 0.1) is 0 Å². The van der Waals surface area contributed by atoms with Crippen LogP contribution in [0.1, 0.15) is 36.2 Å². The van der Waals surface area contributed by atoms with Crippen LogP contribution >= 0.6 is 11.3 Å². The van der Waals surface area contributed by atoms with E-state index in [-0.39, 0.29) is 37.5 Å². The van der Waals surface area contributed by atoms with Crippen LogP contribution in [-0.2, 0) is 27.4 Å². The third-order valence-corrected chi connectivity index (χ3v) is 9.12. The standard InChI is InChI=1S/C35H44N8O4S/c1-4-47-34(46)23-42(18-19-44)26-9-6-24(7-10-26)35-39-30-20-25(8-12-31(30)43(35)17-5-16-41(2)3)29(21-33(36)45)37-22-27-11-13-32(48-27)28-14-15-38-40-28/h6-15,20,29,37,44H,4-5,16-19,21-23H2,1-3H3,(H2,36,45)(H,38,40). The SMILES string of the molecule is CCOC(=O)CN(CCO)c1ccc(-c2nc3cc(C(CC(N)=O)NCc4ccc(-c5ccn[nH]5)s4)ccc3n2CCCN(C)C)cc1. The number of H-pyrrole nitrogens is 1. The van der Waals surface area contributed by atoms with E-state index in [1.165, 1.54) is 0 Å². The lowest BCUT2D eigenvalue weighted by Gasteiger charge is -2.23. The maximum atomic E-state index is 12.2. The summed E-state index contributed by atoms with van der Waals surface area (Å²) >= 11 is 1.66. The van der Waals surface area contributed by atoms with Gasteiger partial charge in [-0.2, -0.15) is 5.10 Å². The number of nitrogens with two attached hydrogens (primary N) is 1. The average molecular weight is 673 g/mol. The fourth-order valence-electron chi connectivity index (χ4n) is 5.70. The number of ether oxygens (including phenoxy) is 1. The number of thiophene rings is 1. The lowest BCUT2D eigenvalue weighted by atomic mass is 10.0. The maximum absolute atomic E-state index is 12.2. The maximum Gasteiger partial charge on any atom is 0.325 e. The van der Waals surface area contributed by atoms with Crippen LogP contribution in [0.25, 0.3) is 33.0 Å². The van der Waals surface area contributed by atoms with E-state index in [1.807, 2.05) is 42.5 Å². The molecule has 254 valence electrons. The van der Waals surface area contributed by atoms with Gasteiger partial charge in [-0.25, -0.2) is 4.98 Å². The van der Waals surface area contributed by atoms with Gasteiger partial charge in [-0.1, -0.05) is 6.07 Å². The number of hydrogen-bond donors (Lipinski definition) is 4. The highest BCUT2D eigenvalue weighted by atomic mass is 32.1. The second-order valence-corrected chi connectivity index (χ2v) is 13.0. The molecule has 5 rings (SSSR count). The van der Waals surface area contributed by atoms with Gasteiger partial charge in [0.2, 0.25) is 5.91 Å². The van der Waals surface area contributed by atoms with Crippen molar-refractivity contribution in [3.8, 4) is 22.0 Å². The van der Waals surface area contributed by atoms with Crippen molar-refractivity contribution in [2.24, 2.45) is 5.73 Å². The number of anilines is 1. The highest BCUT2D eigenvalue weighted by Gasteiger charge is 2.20. The van der Waals surface area contributed by atoms with Crippen molar-refractivity contribution in [2.45, 2.75) is 38.9 Å². The molecule has 1 amide bonds. The monoisotopic (exact) mass is 672 g/mol. The highest BCUT2D eigenvalue weighted by molar-refractivity contribution is 7.15. The molecule has 1 unspecified atom stereocenters. The zero-order valence-corrected chi connectivity index (χ0v) is 28.5. The second-order valence-electron chi connectivity index (χ2n) is 11.8. The minimum Gasteiger partial charge on any atom is -0.465 e. The first-order valence-electron chi connectivity index (χ1n) is 16.1. The van der Waals surface area contributed by atoms with Gasteiger partial charge in [0, 0.05) is 54.4 Å². The Labute approximate surface area is 284 Å². The van der Waals surface area contributed by atoms with Crippen LogP contribution in [0.4, 0.5) is 5.69 Å². The van der Waals surface area contributed by atoms with Crippen LogP contribution < -0.4 is 16.0 Å². The van der Waals surface area contributed by atoms with E-state index >= 15 is 0 Å². The topological polar surface area (TPSA) is 155 Å². The van der Waals surface area contributed by atoms with Gasteiger partial charge in [0.15, 0.2) is 0 Å². The molecule has 5 N–H and O–H groups in total. The van der Waals surface area contributed by atoms with Crippen molar-refractivity contribution in [1.82, 2.24) is 30.0 Å². The molecule has 3 heterocycles. The van der Waals surface area contributed by atoms with Gasteiger partial charge in [0.1, 0.15) is 12.4 Å². The number of rotatable bonds is 18. The van der Waals surface area contributed by atoms with E-state index in [4.69, 9.17) is 15.5 Å². The van der Waals surface area contributed by atoms with Crippen LogP contribution in [0.15, 0.2) is 66.9 Å². The van der Waals surface area contributed by atoms with Crippen molar-refractivity contribution < 1.29 is 19.4 Å². The number of aromatic nitrogens is 4. The molecule has 0 radical (unpaired) electrons. The molecule has 0 fully saturated rings. The number of aryl methyl sites for hydroxylation is 1. The van der Waals surface area contributed by atoms with Crippen LogP contribution in [0.3, 0.4) is 0 Å². The van der Waals surface area contributed by atoms with E-state index in [1.54, 1.807) is 29.4 Å². The molecule has 0 spiro atoms. The largest absolute Gasteiger partial charge is 0.465 e. The number of primary amides is 1. The molecular weight excluding hydrogens is 629 g/mol. The number of imidazole rings is 1. The molecule has 0 aliphatic rings. The fourth-order valence-corrected chi connectivity index (χ4v) is 6.64. The lowest BCUT2D eigenvalue weighted by Crippen LogP contribution is -2.33. The van der Waals surface area contributed by atoms with E-state index in [9.17, 15) is 14.7 Å². The van der Waals surface area contributed by atoms with E-state index in [0.29, 0.717) is 19.7 Å². The van der Waals surface area contributed by atoms with E-state index in [2.05, 4.69) is 57.3 Å². The number of fused-ring (bicyclic) bond motifs is 1. The number of hydrogen-bond acceptors (Lipinski definition) is 10. The number of carbonyl (C=O) groups excluding carboxylic acids is 2. The number of aromatic amines is 1. The number of aliphatic hydroxyl groups is 1. The number of esters is 1. The van der Waals surface area contributed by atoms with Gasteiger partial charge in [-0.15, -0.1) is 11.3 Å². The molecule has 3 aromatic heterocycles. The number of nitrogens with one attached hydrogen (secondary N) is 2. The molecule has 2 aromatic carbocycles. The van der Waals surface area contributed by atoms with Gasteiger partial charge in [0.25, 0.3) is 0 Å². The molecule has 0 aliphatic carbocycles. The quantitative estimate of drug-likeness (QED) is 0.100. The highest BCUT2D eigenvalue weighted by Crippen LogP contribution is 2.31. The summed E-state index contributed by atoms with van der Waals surface area (Å²) in [5.74, 6) is 0.105. The summed E-state index contributed by atoms with van der Waals surface area (Å²) in [6, 6.07) is 19.8. The van der Waals surface area contributed by atoms with Crippen LogP contribution in [0.2, 0.25) is 0 Å². The van der Waals surface area contributed by atoms with Crippen LogP contribution in [-0.4, -0.2) is 88.6 Å². The molecule has 0 saturated carbocycles. The van der Waals surface area contributed by atoms with Crippen molar-refractivity contribution in [3.63, 3.8) is 0 Å². The Kier molecular flexibility index (Phi) is 12.0. The molecule has 0 saturated heterocycles. The number of aliphatic hydroxyl groups excluding tert-OH is 1. The Morgan fingerprint density at radius 1 is 1.10 bits per heavy atom. The van der Waals surface area contributed by atoms with Crippen LogP contribution in [0.5, 0.6) is 0 Å². The summed E-state index contributed by atoms with van der Waals surface area (Å²) in [4.78, 5) is 35.6. The van der Waals surface area contributed by atoms with Gasteiger partial charge in [0.05, 0.1) is 34.8 Å². The minimum atomic E-state index is -0.384. The summed E-state index contributed by atoms with van der Waals surface area (Å²) in [5.41, 5.74) is 11.2. The fraction of sp³-hybridized carbons (Fsp3) is 0.371. The smallest absolute Gasteiger partial charge is 0.325 e. The van der Waals surface area contributed by atoms with Gasteiger partial charge >= 0.3 is 5.97 Å². The van der Waals surface area contributed by atoms with Crippen molar-refractivity contribution in [2.75, 3.05) is 51.8 Å². The Hall–Kier alpha value is -4.56. The summed E-state index contributed by atoms with van der Waals surface area (Å²) in [6.45, 7) is 4.62. The summed E-state index contributed by atoms with van der Waals surface area (Å²) in [7, 11) is 4.12. The predicted octanol–water partition coefficient (Wildman–Crippen LogP) is 4.17. The Morgan fingerprint density at radius 3 is 2.60 bits per heavy atom. The second kappa shape index (κ2) is 16.5. The van der Waals surface area contributed by atoms with E-state index < -0.39 is 0 Å². The molecule has 0 aliphatic heterocycles. The summed E-state index contributed by atoms with van der Waals surface area (Å²) in [6.07, 6.45) is 2.82. The Morgan fingerprint density at radius 2 is 1.92 bits per heavy atom. The van der Waals surface area contributed by atoms with Crippen molar-refractivity contribution in [3.05, 3.63) is 77.3 Å². The molecular formula is C35H44N8O4S. The number of nitrogens with zero attached hydrogens (tertiary/aromatic N) is 5. The Balaban J connectivity index is 1.42. The molecule has 1 atom stereocenters. The third kappa shape index (κ3) is 8.86. The number of amides is 1. The minimum absolute atomic E-state index is 0.0535. The average Bonchev–Trinajstić information content (AvgIpc) is 3.83. The van der Waals surface area contributed by atoms with Gasteiger partial charge in [-0.3, -0.25) is 14.7 Å². The first-order valence-corrected chi connectivity index (χ1v) is 16.9. The first kappa shape index (κ1) is 34.8. The third-order valence-electron chi connectivity index (χ3n) is 8.00. The molecule has 5 aromatic rings. The molecule has 48 heavy (non-hydrogen) atoms. The Bertz CT molecular complexity index is 1780. The normalized spacial score (nSPS) is 12.1. The number of benzene rings is 2. The lowest BCUT2D eigenvalue weighted by molar-refractivity contribution is -0.141. The zero-order chi connectivity index (χ0) is 34.0. The van der Waals surface area contributed by atoms with Crippen molar-refractivity contribution >= 4 is 39.9 Å². The van der Waals surface area contributed by atoms with Gasteiger partial charge in [-0.05, 0) is 94.1 Å². The van der Waals surface area contributed by atoms with E-state index in [0.717, 1.165) is 68.6 Å². The zero-order valence-electron chi connectivity index (χ0n) is 27.7. The molecule has 13 heteroatoms. The van der Waals surface area contributed by atoms with Crippen molar-refractivity contribution in [1.29, 1.82) is 0 Å². The summed E-state index contributed by atoms with van der Waals surface area (Å²) in [5, 5.41) is 20.2. The summed E-state index contributed by atoms with van der Waals surface area (Å²) < 4.78 is 7.36. The first-order chi connectivity index (χ1) is 23.2. The number of carbonyl (C=O) groups is 2. The predicted molar refractivity (Wildman–Crippen MR) is 190 cm³/mol. The van der Waals surface area contributed by atoms with Gasteiger partial charge < -0.3 is 35.3 Å². The molecule has 12 nitrogen and oxygen atoms in total.